The molecule has 0 N–H and O–H groups in total. The number of carbonyl (C=O) groups excluding carboxylic acids is 1. The number of hydrogen-bond donors (Lipinski definition) is 0. The molecule has 0 radical (unpaired) electrons. The van der Waals surface area contributed by atoms with Crippen LogP contribution in [0.3, 0.4) is 0 Å². The van der Waals surface area contributed by atoms with E-state index in [1.165, 1.54) is 11.6 Å². The SMILES string of the molecule is CCN(CCC(=O)N1CCN(c2ccccc2F)CC1)Cc1ccccc1. The molecule has 4 nitrogen and oxygen atoms in total. The van der Waals surface area contributed by atoms with Gasteiger partial charge in [0.05, 0.1) is 5.69 Å². The van der Waals surface area contributed by atoms with Crippen molar-refractivity contribution < 1.29 is 9.18 Å². The average molecular weight is 369 g/mol. The molecule has 1 saturated heterocycles. The molecule has 5 heteroatoms. The van der Waals surface area contributed by atoms with Crippen molar-refractivity contribution in [2.75, 3.05) is 44.2 Å². The van der Waals surface area contributed by atoms with E-state index in [9.17, 15) is 9.18 Å². The van der Waals surface area contributed by atoms with Crippen molar-refractivity contribution in [3.8, 4) is 0 Å². The second-order valence-corrected chi connectivity index (χ2v) is 6.92. The van der Waals surface area contributed by atoms with Crippen LogP contribution >= 0.6 is 0 Å². The van der Waals surface area contributed by atoms with Gasteiger partial charge in [-0.25, -0.2) is 4.39 Å². The summed E-state index contributed by atoms with van der Waals surface area (Å²) in [6.45, 7) is 7.32. The third kappa shape index (κ3) is 5.30. The maximum absolute atomic E-state index is 13.9. The van der Waals surface area contributed by atoms with Crippen LogP contribution in [0.4, 0.5) is 10.1 Å². The van der Waals surface area contributed by atoms with Gasteiger partial charge in [-0.3, -0.25) is 9.69 Å². The molecule has 144 valence electrons. The van der Waals surface area contributed by atoms with Gasteiger partial charge in [0, 0.05) is 45.7 Å². The van der Waals surface area contributed by atoms with E-state index in [1.807, 2.05) is 34.1 Å². The predicted octanol–water partition coefficient (Wildman–Crippen LogP) is 3.39. The summed E-state index contributed by atoms with van der Waals surface area (Å²) in [5.41, 5.74) is 1.90. The molecule has 2 aromatic carbocycles. The minimum Gasteiger partial charge on any atom is -0.366 e. The first-order valence-electron chi connectivity index (χ1n) is 9.71. The molecule has 2 aromatic rings. The molecule has 0 aromatic heterocycles. The Labute approximate surface area is 161 Å². The minimum atomic E-state index is -0.197. The lowest BCUT2D eigenvalue weighted by atomic mass is 10.2. The zero-order valence-electron chi connectivity index (χ0n) is 16.0. The Balaban J connectivity index is 1.46. The van der Waals surface area contributed by atoms with E-state index < -0.39 is 0 Å². The van der Waals surface area contributed by atoms with Crippen molar-refractivity contribution in [3.63, 3.8) is 0 Å². The number of para-hydroxylation sites is 1. The number of piperazine rings is 1. The molecule has 1 aliphatic rings. The van der Waals surface area contributed by atoms with Gasteiger partial charge in [-0.15, -0.1) is 0 Å². The second-order valence-electron chi connectivity index (χ2n) is 6.92. The summed E-state index contributed by atoms with van der Waals surface area (Å²) in [6.07, 6.45) is 0.528. The molecule has 1 fully saturated rings. The molecule has 0 spiro atoms. The van der Waals surface area contributed by atoms with Crippen molar-refractivity contribution in [1.29, 1.82) is 0 Å². The molecule has 0 atom stereocenters. The van der Waals surface area contributed by atoms with Gasteiger partial charge in [-0.2, -0.15) is 0 Å². The van der Waals surface area contributed by atoms with Gasteiger partial charge >= 0.3 is 0 Å². The molecule has 0 unspecified atom stereocenters. The van der Waals surface area contributed by atoms with Crippen molar-refractivity contribution in [2.24, 2.45) is 0 Å². The summed E-state index contributed by atoms with van der Waals surface area (Å²) in [5.74, 6) is -0.00790. The lowest BCUT2D eigenvalue weighted by Crippen LogP contribution is -2.49. The van der Waals surface area contributed by atoms with Crippen molar-refractivity contribution >= 4 is 11.6 Å². The summed E-state index contributed by atoms with van der Waals surface area (Å²) in [6, 6.07) is 17.2. The van der Waals surface area contributed by atoms with E-state index >= 15 is 0 Å². The number of anilines is 1. The summed E-state index contributed by atoms with van der Waals surface area (Å²) in [7, 11) is 0. The fraction of sp³-hybridized carbons (Fsp3) is 0.409. The van der Waals surface area contributed by atoms with Crippen LogP contribution in [0.5, 0.6) is 0 Å². The highest BCUT2D eigenvalue weighted by Crippen LogP contribution is 2.20. The van der Waals surface area contributed by atoms with Gasteiger partial charge in [-0.05, 0) is 24.2 Å². The third-order valence-electron chi connectivity index (χ3n) is 5.16. The van der Waals surface area contributed by atoms with E-state index in [0.29, 0.717) is 38.3 Å². The maximum atomic E-state index is 13.9. The van der Waals surface area contributed by atoms with Gasteiger partial charge in [0.2, 0.25) is 5.91 Å². The fourth-order valence-electron chi connectivity index (χ4n) is 3.51. The molecular formula is C22H28FN3O. The summed E-state index contributed by atoms with van der Waals surface area (Å²) >= 11 is 0. The molecular weight excluding hydrogens is 341 g/mol. The Morgan fingerprint density at radius 3 is 2.33 bits per heavy atom. The molecule has 1 heterocycles. The summed E-state index contributed by atoms with van der Waals surface area (Å²) < 4.78 is 13.9. The van der Waals surface area contributed by atoms with Gasteiger partial charge in [0.15, 0.2) is 0 Å². The largest absolute Gasteiger partial charge is 0.366 e. The van der Waals surface area contributed by atoms with Crippen LogP contribution in [0.15, 0.2) is 54.6 Å². The minimum absolute atomic E-state index is 0.190. The van der Waals surface area contributed by atoms with Crippen LogP contribution in [0.25, 0.3) is 0 Å². The Bertz CT molecular complexity index is 729. The number of carbonyl (C=O) groups is 1. The lowest BCUT2D eigenvalue weighted by Gasteiger charge is -2.36. The Hall–Kier alpha value is -2.40. The van der Waals surface area contributed by atoms with Crippen LogP contribution in [0.2, 0.25) is 0 Å². The number of nitrogens with zero attached hydrogens (tertiary/aromatic N) is 3. The van der Waals surface area contributed by atoms with E-state index in [0.717, 1.165) is 19.6 Å². The number of hydrogen-bond acceptors (Lipinski definition) is 3. The van der Waals surface area contributed by atoms with Crippen LogP contribution < -0.4 is 4.90 Å². The van der Waals surface area contributed by atoms with E-state index in [-0.39, 0.29) is 11.7 Å². The quantitative estimate of drug-likeness (QED) is 0.749. The number of halogens is 1. The van der Waals surface area contributed by atoms with Gasteiger partial charge in [0.25, 0.3) is 0 Å². The molecule has 0 bridgehead atoms. The van der Waals surface area contributed by atoms with Gasteiger partial charge in [-0.1, -0.05) is 49.4 Å². The number of amides is 1. The number of rotatable bonds is 7. The fourth-order valence-corrected chi connectivity index (χ4v) is 3.51. The van der Waals surface area contributed by atoms with Crippen molar-refractivity contribution in [1.82, 2.24) is 9.80 Å². The molecule has 0 saturated carbocycles. The Morgan fingerprint density at radius 2 is 1.67 bits per heavy atom. The summed E-state index contributed by atoms with van der Waals surface area (Å²) in [4.78, 5) is 18.8. The normalized spacial score (nSPS) is 14.6. The standard InChI is InChI=1S/C22H28FN3O/c1-2-24(18-19-8-4-3-5-9-19)13-12-22(27)26-16-14-25(15-17-26)21-11-7-6-10-20(21)23/h3-11H,2,12-18H2,1H3. The smallest absolute Gasteiger partial charge is 0.223 e. The molecule has 1 aliphatic heterocycles. The predicted molar refractivity (Wildman–Crippen MR) is 107 cm³/mol. The molecule has 27 heavy (non-hydrogen) atoms. The highest BCUT2D eigenvalue weighted by Gasteiger charge is 2.22. The topological polar surface area (TPSA) is 26.8 Å². The van der Waals surface area contributed by atoms with Crippen LogP contribution in [0, 0.1) is 5.82 Å². The first-order valence-corrected chi connectivity index (χ1v) is 9.71. The molecule has 0 aliphatic carbocycles. The third-order valence-corrected chi connectivity index (χ3v) is 5.16. The highest BCUT2D eigenvalue weighted by atomic mass is 19.1. The zero-order chi connectivity index (χ0) is 19.1. The number of benzene rings is 2. The Kier molecular flexibility index (Phi) is 6.82. The van der Waals surface area contributed by atoms with Crippen molar-refractivity contribution in [3.05, 3.63) is 66.0 Å². The van der Waals surface area contributed by atoms with Crippen LogP contribution in [-0.2, 0) is 11.3 Å². The van der Waals surface area contributed by atoms with Gasteiger partial charge in [0.1, 0.15) is 5.82 Å². The van der Waals surface area contributed by atoms with E-state index in [1.54, 1.807) is 12.1 Å². The van der Waals surface area contributed by atoms with E-state index in [4.69, 9.17) is 0 Å². The highest BCUT2D eigenvalue weighted by molar-refractivity contribution is 5.76. The van der Waals surface area contributed by atoms with Crippen molar-refractivity contribution in [2.45, 2.75) is 19.9 Å². The Morgan fingerprint density at radius 1 is 1.00 bits per heavy atom. The van der Waals surface area contributed by atoms with Crippen LogP contribution in [-0.4, -0.2) is 55.0 Å². The average Bonchev–Trinajstić information content (AvgIpc) is 2.72. The first kappa shape index (κ1) is 19.4. The monoisotopic (exact) mass is 369 g/mol. The van der Waals surface area contributed by atoms with E-state index in [2.05, 4.69) is 24.0 Å². The second kappa shape index (κ2) is 9.51. The molecule has 3 rings (SSSR count). The zero-order valence-corrected chi connectivity index (χ0v) is 16.0. The summed E-state index contributed by atoms with van der Waals surface area (Å²) in [5, 5.41) is 0. The molecule has 1 amide bonds. The lowest BCUT2D eigenvalue weighted by molar-refractivity contribution is -0.131. The van der Waals surface area contributed by atoms with Gasteiger partial charge < -0.3 is 9.80 Å². The first-order chi connectivity index (χ1) is 13.2. The maximum Gasteiger partial charge on any atom is 0.223 e. The van der Waals surface area contributed by atoms with Crippen LogP contribution in [0.1, 0.15) is 18.9 Å².